The number of hydrogen-bond acceptors (Lipinski definition) is 5. The molecule has 3 rings (SSSR count). The van der Waals surface area contributed by atoms with Gasteiger partial charge in [0.05, 0.1) is 10.6 Å². The van der Waals surface area contributed by atoms with E-state index in [2.05, 4.69) is 10.1 Å². The Labute approximate surface area is 129 Å². The molecule has 0 aliphatic heterocycles. The van der Waals surface area contributed by atoms with Crippen LogP contribution in [0.2, 0.25) is 0 Å². The maximum Gasteiger partial charge on any atom is 0.365 e. The highest BCUT2D eigenvalue weighted by Gasteiger charge is 2.19. The first-order chi connectivity index (χ1) is 10.6. The number of rotatable bonds is 3. The van der Waals surface area contributed by atoms with Gasteiger partial charge in [-0.1, -0.05) is 30.3 Å². The van der Waals surface area contributed by atoms with E-state index in [1.54, 1.807) is 13.1 Å². The Balaban J connectivity index is 2.23. The average Bonchev–Trinajstić information content (AvgIpc) is 2.96. The molecule has 0 bridgehead atoms. The third-order valence-electron chi connectivity index (χ3n) is 3.05. The zero-order valence-electron chi connectivity index (χ0n) is 11.6. The molecule has 2 aromatic heterocycles. The molecule has 2 heterocycles. The lowest BCUT2D eigenvalue weighted by Gasteiger charge is -2.03. The minimum Gasteiger partial charge on any atom is -0.476 e. The Kier molecular flexibility index (Phi) is 3.56. The van der Waals surface area contributed by atoms with Crippen LogP contribution < -0.4 is 5.56 Å². The monoisotopic (exact) mass is 313 g/mol. The van der Waals surface area contributed by atoms with Crippen molar-refractivity contribution in [3.8, 4) is 21.8 Å². The van der Waals surface area contributed by atoms with Gasteiger partial charge in [0, 0.05) is 18.7 Å². The number of thiazole rings is 1. The van der Waals surface area contributed by atoms with Crippen molar-refractivity contribution in [2.45, 2.75) is 0 Å². The van der Waals surface area contributed by atoms with Crippen LogP contribution in [-0.2, 0) is 7.05 Å². The molecule has 0 spiro atoms. The highest BCUT2D eigenvalue weighted by atomic mass is 32.1. The summed E-state index contributed by atoms with van der Waals surface area (Å²) in [4.78, 5) is 27.5. The van der Waals surface area contributed by atoms with Crippen molar-refractivity contribution in [3.63, 3.8) is 0 Å². The fourth-order valence-corrected chi connectivity index (χ4v) is 2.89. The zero-order valence-corrected chi connectivity index (χ0v) is 12.4. The van der Waals surface area contributed by atoms with Gasteiger partial charge in [0.15, 0.2) is 0 Å². The minimum absolute atomic E-state index is 0.00972. The number of aromatic nitrogens is 3. The van der Waals surface area contributed by atoms with E-state index in [-0.39, 0.29) is 10.6 Å². The molecule has 6 nitrogen and oxygen atoms in total. The van der Waals surface area contributed by atoms with Crippen LogP contribution in [0.3, 0.4) is 0 Å². The first-order valence-corrected chi connectivity index (χ1v) is 7.22. The van der Waals surface area contributed by atoms with Crippen LogP contribution in [0.15, 0.2) is 47.3 Å². The molecular weight excluding hydrogens is 302 g/mol. The van der Waals surface area contributed by atoms with Gasteiger partial charge in [-0.05, 0) is 6.07 Å². The number of aromatic carboxylic acids is 1. The van der Waals surface area contributed by atoms with Crippen molar-refractivity contribution in [2.24, 2.45) is 7.05 Å². The zero-order chi connectivity index (χ0) is 15.7. The first kappa shape index (κ1) is 14.2. The summed E-state index contributed by atoms with van der Waals surface area (Å²) in [7, 11) is 1.55. The van der Waals surface area contributed by atoms with Gasteiger partial charge in [0.1, 0.15) is 5.69 Å². The predicted molar refractivity (Wildman–Crippen MR) is 83.0 cm³/mol. The molecule has 0 saturated carbocycles. The quantitative estimate of drug-likeness (QED) is 0.801. The number of aryl methyl sites for hydroxylation is 1. The van der Waals surface area contributed by atoms with Gasteiger partial charge < -0.3 is 5.11 Å². The van der Waals surface area contributed by atoms with Gasteiger partial charge in [0.25, 0.3) is 5.56 Å². The van der Waals surface area contributed by atoms with Crippen molar-refractivity contribution < 1.29 is 9.90 Å². The molecule has 0 radical (unpaired) electrons. The standard InChI is InChI=1S/C15H11N3O3S/c1-18-11(19)8-7-10(17-18)13-12(9-5-3-2-4-6-9)16-14(22-13)15(20)21/h2-8H,1H3,(H,20,21). The molecule has 22 heavy (non-hydrogen) atoms. The van der Waals surface area contributed by atoms with Gasteiger partial charge in [-0.3, -0.25) is 4.79 Å². The van der Waals surface area contributed by atoms with E-state index in [0.29, 0.717) is 16.3 Å². The van der Waals surface area contributed by atoms with Gasteiger partial charge >= 0.3 is 5.97 Å². The molecule has 0 fully saturated rings. The summed E-state index contributed by atoms with van der Waals surface area (Å²) in [5, 5.41) is 13.4. The molecular formula is C15H11N3O3S. The van der Waals surface area contributed by atoms with E-state index in [1.165, 1.54) is 10.7 Å². The summed E-state index contributed by atoms with van der Waals surface area (Å²) in [5.74, 6) is -1.08. The highest BCUT2D eigenvalue weighted by molar-refractivity contribution is 7.17. The van der Waals surface area contributed by atoms with Gasteiger partial charge in [-0.25, -0.2) is 14.5 Å². The van der Waals surface area contributed by atoms with E-state index in [9.17, 15) is 14.7 Å². The molecule has 0 amide bonds. The van der Waals surface area contributed by atoms with Crippen LogP contribution in [0.25, 0.3) is 21.8 Å². The second-order valence-electron chi connectivity index (χ2n) is 4.55. The number of carboxylic acids is 1. The Morgan fingerprint density at radius 2 is 1.91 bits per heavy atom. The smallest absolute Gasteiger partial charge is 0.365 e. The molecule has 110 valence electrons. The molecule has 1 aromatic carbocycles. The van der Waals surface area contributed by atoms with Crippen molar-refractivity contribution in [1.29, 1.82) is 0 Å². The Morgan fingerprint density at radius 1 is 1.18 bits per heavy atom. The van der Waals surface area contributed by atoms with Crippen LogP contribution in [-0.4, -0.2) is 25.8 Å². The lowest BCUT2D eigenvalue weighted by molar-refractivity contribution is 0.0696. The topological polar surface area (TPSA) is 85.1 Å². The molecule has 0 aliphatic rings. The highest BCUT2D eigenvalue weighted by Crippen LogP contribution is 2.35. The number of benzene rings is 1. The molecule has 0 saturated heterocycles. The number of carbonyl (C=O) groups is 1. The fourth-order valence-electron chi connectivity index (χ4n) is 2.00. The van der Waals surface area contributed by atoms with E-state index < -0.39 is 5.97 Å². The SMILES string of the molecule is Cn1nc(-c2sc(C(=O)O)nc2-c2ccccc2)ccc1=O. The predicted octanol–water partition coefficient (Wildman–Crippen LogP) is 2.27. The first-order valence-electron chi connectivity index (χ1n) is 6.40. The van der Waals surface area contributed by atoms with Crippen LogP contribution in [0.1, 0.15) is 9.80 Å². The van der Waals surface area contributed by atoms with E-state index in [1.807, 2.05) is 30.3 Å². The largest absolute Gasteiger partial charge is 0.476 e. The maximum atomic E-state index is 11.5. The second-order valence-corrected chi connectivity index (χ2v) is 5.55. The van der Waals surface area contributed by atoms with E-state index in [4.69, 9.17) is 0 Å². The lowest BCUT2D eigenvalue weighted by Crippen LogP contribution is -2.18. The molecule has 3 aromatic rings. The number of hydrogen-bond donors (Lipinski definition) is 1. The Morgan fingerprint density at radius 3 is 2.55 bits per heavy atom. The summed E-state index contributed by atoms with van der Waals surface area (Å²) >= 11 is 1.04. The molecule has 0 aliphatic carbocycles. The minimum atomic E-state index is -1.08. The van der Waals surface area contributed by atoms with Gasteiger partial charge in [0.2, 0.25) is 5.01 Å². The van der Waals surface area contributed by atoms with Crippen molar-refractivity contribution in [3.05, 3.63) is 57.8 Å². The average molecular weight is 313 g/mol. The molecule has 0 unspecified atom stereocenters. The Hall–Kier alpha value is -2.80. The summed E-state index contributed by atoms with van der Waals surface area (Å²) in [6.07, 6.45) is 0. The van der Waals surface area contributed by atoms with Crippen molar-refractivity contribution in [1.82, 2.24) is 14.8 Å². The third kappa shape index (κ3) is 2.53. The third-order valence-corrected chi connectivity index (χ3v) is 4.12. The van der Waals surface area contributed by atoms with Gasteiger partial charge in [-0.15, -0.1) is 11.3 Å². The summed E-state index contributed by atoms with van der Waals surface area (Å²) in [6, 6.07) is 12.3. The lowest BCUT2D eigenvalue weighted by atomic mass is 10.1. The van der Waals surface area contributed by atoms with E-state index >= 15 is 0 Å². The Bertz CT molecular complexity index is 900. The van der Waals surface area contributed by atoms with Crippen molar-refractivity contribution >= 4 is 17.3 Å². The van der Waals surface area contributed by atoms with Crippen molar-refractivity contribution in [2.75, 3.05) is 0 Å². The second kappa shape index (κ2) is 5.53. The van der Waals surface area contributed by atoms with Crippen LogP contribution in [0.4, 0.5) is 0 Å². The number of carboxylic acid groups (broad SMARTS) is 1. The van der Waals surface area contributed by atoms with E-state index in [0.717, 1.165) is 16.9 Å². The molecule has 0 atom stereocenters. The van der Waals surface area contributed by atoms with Gasteiger partial charge in [-0.2, -0.15) is 5.10 Å². The van der Waals surface area contributed by atoms with Crippen LogP contribution in [0.5, 0.6) is 0 Å². The maximum absolute atomic E-state index is 11.5. The summed E-state index contributed by atoms with van der Waals surface area (Å²) in [5.41, 5.74) is 1.64. The number of nitrogens with zero attached hydrogens (tertiary/aromatic N) is 3. The summed E-state index contributed by atoms with van der Waals surface area (Å²) in [6.45, 7) is 0. The fraction of sp³-hybridized carbons (Fsp3) is 0.0667. The molecule has 1 N–H and O–H groups in total. The normalized spacial score (nSPS) is 10.6. The van der Waals surface area contributed by atoms with Crippen LogP contribution in [0, 0.1) is 0 Å². The molecule has 7 heteroatoms. The van der Waals surface area contributed by atoms with Crippen LogP contribution >= 0.6 is 11.3 Å². The summed E-state index contributed by atoms with van der Waals surface area (Å²) < 4.78 is 1.21.